The molecule has 16 heavy (non-hydrogen) atoms. The van der Waals surface area contributed by atoms with E-state index in [9.17, 15) is 4.79 Å². The predicted octanol–water partition coefficient (Wildman–Crippen LogP) is 1.08. The van der Waals surface area contributed by atoms with Gasteiger partial charge in [0.1, 0.15) is 0 Å². The van der Waals surface area contributed by atoms with Crippen LogP contribution in [0.4, 0.5) is 4.79 Å². The number of ether oxygens (including phenoxy) is 1. The van der Waals surface area contributed by atoms with Crippen LogP contribution in [0.3, 0.4) is 0 Å². The summed E-state index contributed by atoms with van der Waals surface area (Å²) in [5.41, 5.74) is 12.3. The first-order chi connectivity index (χ1) is 7.36. The van der Waals surface area contributed by atoms with E-state index in [-0.39, 0.29) is 11.3 Å². The molecule has 0 aromatic carbocycles. The van der Waals surface area contributed by atoms with Gasteiger partial charge in [-0.3, -0.25) is 0 Å². The third-order valence-corrected chi connectivity index (χ3v) is 2.50. The Morgan fingerprint density at radius 2 is 2.12 bits per heavy atom. The zero-order chi connectivity index (χ0) is 12.3. The van der Waals surface area contributed by atoms with Crippen LogP contribution in [-0.2, 0) is 5.41 Å². The van der Waals surface area contributed by atoms with Gasteiger partial charge in [0.05, 0.1) is 0 Å². The Labute approximate surface area is 94.8 Å². The Morgan fingerprint density at radius 3 is 2.56 bits per heavy atom. The Morgan fingerprint density at radius 1 is 1.50 bits per heavy atom. The summed E-state index contributed by atoms with van der Waals surface area (Å²) in [6.07, 6.45) is -0.863. The largest absolute Gasteiger partial charge is 0.411 e. The monoisotopic (exact) mass is 223 g/mol. The number of amides is 1. The molecule has 1 aromatic rings. The molecule has 0 radical (unpaired) electrons. The van der Waals surface area contributed by atoms with Crippen LogP contribution in [0, 0.1) is 6.92 Å². The van der Waals surface area contributed by atoms with Crippen molar-refractivity contribution in [2.75, 3.05) is 6.54 Å². The minimum absolute atomic E-state index is 0.150. The maximum absolute atomic E-state index is 10.6. The number of aromatic nitrogens is 1. The van der Waals surface area contributed by atoms with E-state index in [0.717, 1.165) is 11.3 Å². The van der Waals surface area contributed by atoms with Crippen molar-refractivity contribution in [3.63, 3.8) is 0 Å². The highest BCUT2D eigenvalue weighted by molar-refractivity contribution is 5.67. The molecule has 0 unspecified atom stereocenters. The number of nitrogens with two attached hydrogens (primary N) is 2. The van der Waals surface area contributed by atoms with Gasteiger partial charge in [-0.2, -0.15) is 0 Å². The molecule has 1 amide bonds. The summed E-state index contributed by atoms with van der Waals surface area (Å²) in [4.78, 5) is 14.7. The SMILES string of the molecule is Cc1nc(OC(N)=O)ccc1C(C)(C)CN. The summed E-state index contributed by atoms with van der Waals surface area (Å²) in [5, 5.41) is 0. The molecular formula is C11H17N3O2. The van der Waals surface area contributed by atoms with Crippen molar-refractivity contribution in [3.05, 3.63) is 23.4 Å². The summed E-state index contributed by atoms with van der Waals surface area (Å²) < 4.78 is 4.69. The first-order valence-electron chi connectivity index (χ1n) is 5.02. The minimum atomic E-state index is -0.863. The van der Waals surface area contributed by atoms with Gasteiger partial charge >= 0.3 is 6.09 Å². The van der Waals surface area contributed by atoms with Crippen LogP contribution in [0.25, 0.3) is 0 Å². The molecule has 0 fully saturated rings. The maximum atomic E-state index is 10.6. The molecule has 0 aliphatic rings. The van der Waals surface area contributed by atoms with E-state index in [1.807, 2.05) is 26.8 Å². The molecule has 0 aliphatic heterocycles. The number of rotatable bonds is 3. The number of aryl methyl sites for hydroxylation is 1. The lowest BCUT2D eigenvalue weighted by atomic mass is 9.84. The van der Waals surface area contributed by atoms with Crippen molar-refractivity contribution < 1.29 is 9.53 Å². The average molecular weight is 223 g/mol. The lowest BCUT2D eigenvalue weighted by Gasteiger charge is -2.24. The van der Waals surface area contributed by atoms with E-state index >= 15 is 0 Å². The van der Waals surface area contributed by atoms with Crippen molar-refractivity contribution >= 4 is 6.09 Å². The molecular weight excluding hydrogens is 206 g/mol. The second kappa shape index (κ2) is 4.49. The molecule has 88 valence electrons. The topological polar surface area (TPSA) is 91.2 Å². The zero-order valence-electron chi connectivity index (χ0n) is 9.78. The molecule has 0 spiro atoms. The Bertz CT molecular complexity index is 402. The van der Waals surface area contributed by atoms with Crippen LogP contribution in [0.2, 0.25) is 0 Å². The fraction of sp³-hybridized carbons (Fsp3) is 0.455. The number of pyridine rings is 1. The second-order valence-electron chi connectivity index (χ2n) is 4.29. The van der Waals surface area contributed by atoms with Gasteiger partial charge in [0, 0.05) is 23.7 Å². The van der Waals surface area contributed by atoms with E-state index in [1.54, 1.807) is 6.07 Å². The number of nitrogens with zero attached hydrogens (tertiary/aromatic N) is 1. The van der Waals surface area contributed by atoms with Gasteiger partial charge in [-0.05, 0) is 12.5 Å². The van der Waals surface area contributed by atoms with E-state index in [1.165, 1.54) is 0 Å². The van der Waals surface area contributed by atoms with Crippen LogP contribution in [0.5, 0.6) is 5.88 Å². The summed E-state index contributed by atoms with van der Waals surface area (Å²) in [5.74, 6) is 0.210. The summed E-state index contributed by atoms with van der Waals surface area (Å²) in [7, 11) is 0. The van der Waals surface area contributed by atoms with Crippen LogP contribution in [0.1, 0.15) is 25.1 Å². The van der Waals surface area contributed by atoms with Crippen LogP contribution in [0.15, 0.2) is 12.1 Å². The molecule has 1 rings (SSSR count). The first kappa shape index (κ1) is 12.4. The fourth-order valence-electron chi connectivity index (χ4n) is 1.52. The molecule has 0 bridgehead atoms. The molecule has 0 aliphatic carbocycles. The van der Waals surface area contributed by atoms with E-state index in [2.05, 4.69) is 4.98 Å². The van der Waals surface area contributed by atoms with Crippen molar-refractivity contribution in [3.8, 4) is 5.88 Å². The molecule has 4 N–H and O–H groups in total. The second-order valence-corrected chi connectivity index (χ2v) is 4.29. The maximum Gasteiger partial charge on any atom is 0.411 e. The highest BCUT2D eigenvalue weighted by atomic mass is 16.6. The van der Waals surface area contributed by atoms with Gasteiger partial charge in [0.2, 0.25) is 5.88 Å². The Balaban J connectivity index is 3.05. The van der Waals surface area contributed by atoms with Gasteiger partial charge in [-0.1, -0.05) is 19.9 Å². The smallest absolute Gasteiger partial charge is 0.391 e. The number of carbonyl (C=O) groups is 1. The molecule has 1 aromatic heterocycles. The zero-order valence-corrected chi connectivity index (χ0v) is 9.78. The fourth-order valence-corrected chi connectivity index (χ4v) is 1.52. The molecule has 0 atom stereocenters. The summed E-state index contributed by atoms with van der Waals surface area (Å²) in [6, 6.07) is 3.47. The molecule has 5 heteroatoms. The molecule has 5 nitrogen and oxygen atoms in total. The Kier molecular flexibility index (Phi) is 3.49. The van der Waals surface area contributed by atoms with Gasteiger partial charge in [0.15, 0.2) is 0 Å². The van der Waals surface area contributed by atoms with Gasteiger partial charge in [0.25, 0.3) is 0 Å². The molecule has 0 saturated heterocycles. The number of hydrogen-bond acceptors (Lipinski definition) is 4. The van der Waals surface area contributed by atoms with Gasteiger partial charge in [-0.15, -0.1) is 0 Å². The predicted molar refractivity (Wildman–Crippen MR) is 61.3 cm³/mol. The average Bonchev–Trinajstić information content (AvgIpc) is 2.16. The van der Waals surface area contributed by atoms with Crippen LogP contribution < -0.4 is 16.2 Å². The van der Waals surface area contributed by atoms with Crippen molar-refractivity contribution in [1.29, 1.82) is 0 Å². The van der Waals surface area contributed by atoms with Gasteiger partial charge < -0.3 is 16.2 Å². The van der Waals surface area contributed by atoms with E-state index < -0.39 is 6.09 Å². The highest BCUT2D eigenvalue weighted by Crippen LogP contribution is 2.25. The number of primary amides is 1. The lowest BCUT2D eigenvalue weighted by Crippen LogP contribution is -2.29. The van der Waals surface area contributed by atoms with Crippen molar-refractivity contribution in [2.45, 2.75) is 26.2 Å². The van der Waals surface area contributed by atoms with Crippen LogP contribution in [-0.4, -0.2) is 17.6 Å². The normalized spacial score (nSPS) is 11.2. The third kappa shape index (κ3) is 2.70. The first-order valence-corrected chi connectivity index (χ1v) is 5.02. The van der Waals surface area contributed by atoms with Crippen molar-refractivity contribution in [2.24, 2.45) is 11.5 Å². The highest BCUT2D eigenvalue weighted by Gasteiger charge is 2.21. The minimum Gasteiger partial charge on any atom is -0.391 e. The lowest BCUT2D eigenvalue weighted by molar-refractivity contribution is 0.209. The van der Waals surface area contributed by atoms with E-state index in [4.69, 9.17) is 16.2 Å². The molecule has 0 saturated carbocycles. The number of carbonyl (C=O) groups excluding carboxylic acids is 1. The standard InChI is InChI=1S/C11H17N3O2/c1-7-8(11(2,3)6-12)4-5-9(14-7)16-10(13)15/h4-5H,6,12H2,1-3H3,(H2,13,15). The molecule has 1 heterocycles. The summed E-state index contributed by atoms with van der Waals surface area (Å²) in [6.45, 7) is 6.43. The van der Waals surface area contributed by atoms with Crippen LogP contribution >= 0.6 is 0 Å². The third-order valence-electron chi connectivity index (χ3n) is 2.50. The van der Waals surface area contributed by atoms with E-state index in [0.29, 0.717) is 6.54 Å². The Hall–Kier alpha value is -1.62. The number of hydrogen-bond donors (Lipinski definition) is 2. The van der Waals surface area contributed by atoms with Gasteiger partial charge in [-0.25, -0.2) is 9.78 Å². The quantitative estimate of drug-likeness (QED) is 0.802. The summed E-state index contributed by atoms with van der Waals surface area (Å²) >= 11 is 0. The van der Waals surface area contributed by atoms with Crippen molar-refractivity contribution in [1.82, 2.24) is 4.98 Å².